The molecule has 0 aromatic rings. The van der Waals surface area contributed by atoms with Crippen LogP contribution in [-0.2, 0) is 0 Å². The van der Waals surface area contributed by atoms with Gasteiger partial charge in [0.25, 0.3) is 0 Å². The van der Waals surface area contributed by atoms with Crippen LogP contribution in [0.1, 0.15) is 7.43 Å². The summed E-state index contributed by atoms with van der Waals surface area (Å²) in [6, 6.07) is 0. The standard InChI is InChI=1S/CH4.4HI.Sn/h1H4;4*1H;/q;;;;;+4/p-4. The van der Waals surface area contributed by atoms with Crippen molar-refractivity contribution in [3.05, 3.63) is 0 Å². The van der Waals surface area contributed by atoms with Gasteiger partial charge in [0.15, 0.2) is 0 Å². The number of hydrogen-bond acceptors (Lipinski definition) is 0. The van der Waals surface area contributed by atoms with E-state index in [4.69, 9.17) is 0 Å². The van der Waals surface area contributed by atoms with Crippen LogP contribution in [0.15, 0.2) is 0 Å². The number of hydrogen-bond donors (Lipinski definition) is 0. The Morgan fingerprint density at radius 2 is 0.833 bits per heavy atom. The second-order valence-corrected chi connectivity index (χ2v) is 129. The molecular weight excluding hydrogens is 638 g/mol. The van der Waals surface area contributed by atoms with Crippen LogP contribution >= 0.6 is 74.5 Å². The first-order valence-electron chi connectivity index (χ1n) is 0.756. The zero-order chi connectivity index (χ0) is 4.50. The van der Waals surface area contributed by atoms with Gasteiger partial charge >= 0.3 is 77.0 Å². The van der Waals surface area contributed by atoms with Gasteiger partial charge in [-0.25, -0.2) is 0 Å². The quantitative estimate of drug-likeness (QED) is 0.279. The summed E-state index contributed by atoms with van der Waals surface area (Å²) in [5, 5.41) is 0. The van der Waals surface area contributed by atoms with Crippen molar-refractivity contribution in [2.45, 2.75) is 7.43 Å². The Morgan fingerprint density at radius 3 is 0.833 bits per heavy atom. The molecule has 6 heavy (non-hydrogen) atoms. The molecule has 0 fully saturated rings. The Kier molecular flexibility index (Phi) is 11.4. The fraction of sp³-hybridized carbons (Fsp3) is 1.00. The summed E-state index contributed by atoms with van der Waals surface area (Å²) in [7, 11) is 0. The molecular formula is CH4I4Sn. The van der Waals surface area contributed by atoms with Crippen LogP contribution in [0.4, 0.5) is 0 Å². The zero-order valence-corrected chi connectivity index (χ0v) is 13.5. The van der Waals surface area contributed by atoms with Crippen LogP contribution in [0.25, 0.3) is 0 Å². The van der Waals surface area contributed by atoms with Gasteiger partial charge in [0, 0.05) is 0 Å². The molecule has 0 saturated heterocycles. The van der Waals surface area contributed by atoms with E-state index in [0.717, 1.165) is 0 Å². The van der Waals surface area contributed by atoms with Crippen molar-refractivity contribution in [1.29, 1.82) is 0 Å². The fourth-order valence-corrected chi connectivity index (χ4v) is 0. The van der Waals surface area contributed by atoms with Crippen LogP contribution in [0, 0.1) is 0 Å². The molecule has 0 aromatic heterocycles. The van der Waals surface area contributed by atoms with E-state index in [-0.39, 0.29) is 7.43 Å². The maximum absolute atomic E-state index is 2.55. The van der Waals surface area contributed by atoms with Crippen molar-refractivity contribution in [2.75, 3.05) is 0 Å². The molecule has 0 atom stereocenters. The van der Waals surface area contributed by atoms with Gasteiger partial charge in [-0.05, 0) is 0 Å². The molecule has 0 radical (unpaired) electrons. The molecule has 0 nitrogen and oxygen atoms in total. The molecule has 0 aromatic carbocycles. The van der Waals surface area contributed by atoms with Crippen LogP contribution < -0.4 is 0 Å². The predicted octanol–water partition coefficient (Wildman–Crippen LogP) is 3.80. The van der Waals surface area contributed by atoms with E-state index in [0.29, 0.717) is 0 Å². The van der Waals surface area contributed by atoms with Gasteiger partial charge in [-0.1, -0.05) is 7.43 Å². The molecule has 5 heteroatoms. The van der Waals surface area contributed by atoms with E-state index in [1.54, 1.807) is 0 Å². The van der Waals surface area contributed by atoms with Gasteiger partial charge in [-0.2, -0.15) is 0 Å². The Morgan fingerprint density at radius 1 is 0.833 bits per heavy atom. The summed E-state index contributed by atoms with van der Waals surface area (Å²) in [4.78, 5) is 0. The molecule has 0 heterocycles. The van der Waals surface area contributed by atoms with Gasteiger partial charge in [-0.15, -0.1) is 0 Å². The minimum atomic E-state index is -1.30. The molecule has 0 amide bonds. The van der Waals surface area contributed by atoms with Crippen LogP contribution in [0.2, 0.25) is 0 Å². The van der Waals surface area contributed by atoms with Crippen LogP contribution in [-0.4, -0.2) is 2.50 Å². The van der Waals surface area contributed by atoms with E-state index in [1.807, 2.05) is 0 Å². The molecule has 0 aliphatic carbocycles. The molecule has 0 spiro atoms. The maximum atomic E-state index is 2.55. The number of rotatable bonds is 0. The van der Waals surface area contributed by atoms with E-state index >= 15 is 0 Å². The zero-order valence-electron chi connectivity index (χ0n) is 2.01. The van der Waals surface area contributed by atoms with Crippen LogP contribution in [0.5, 0.6) is 0 Å². The third-order valence-electron chi connectivity index (χ3n) is 0. The van der Waals surface area contributed by atoms with Crippen molar-refractivity contribution in [3.63, 3.8) is 0 Å². The topological polar surface area (TPSA) is 0 Å². The van der Waals surface area contributed by atoms with E-state index in [1.165, 1.54) is 0 Å². The minimum absolute atomic E-state index is 0. The molecule has 40 valence electrons. The summed E-state index contributed by atoms with van der Waals surface area (Å²) < 4.78 is -1.30. The van der Waals surface area contributed by atoms with Crippen LogP contribution in [0.3, 0.4) is 0 Å². The van der Waals surface area contributed by atoms with Crippen molar-refractivity contribution >= 4 is 77.0 Å². The van der Waals surface area contributed by atoms with Gasteiger partial charge in [0.05, 0.1) is 0 Å². The van der Waals surface area contributed by atoms with E-state index in [2.05, 4.69) is 74.5 Å². The molecule has 0 N–H and O–H groups in total. The number of halogens is 4. The SMILES string of the molecule is C.[I][Sn]([I])([I])[I]. The van der Waals surface area contributed by atoms with Crippen molar-refractivity contribution in [2.24, 2.45) is 0 Å². The normalized spacial score (nSPS) is 10.0. The molecule has 0 aliphatic heterocycles. The summed E-state index contributed by atoms with van der Waals surface area (Å²) in [5.41, 5.74) is 0. The van der Waals surface area contributed by atoms with Gasteiger partial charge in [0.2, 0.25) is 0 Å². The van der Waals surface area contributed by atoms with E-state index < -0.39 is 2.50 Å². The average molecular weight is 642 g/mol. The molecule has 0 saturated carbocycles. The summed E-state index contributed by atoms with van der Waals surface area (Å²) >= 11 is 10.2. The second-order valence-electron chi connectivity index (χ2n) is 0.429. The second kappa shape index (κ2) is 5.50. The Hall–Kier alpha value is 3.72. The van der Waals surface area contributed by atoms with Crippen molar-refractivity contribution < 1.29 is 0 Å². The molecule has 0 rings (SSSR count). The Balaban J connectivity index is 0. The van der Waals surface area contributed by atoms with Gasteiger partial charge < -0.3 is 0 Å². The summed E-state index contributed by atoms with van der Waals surface area (Å²) in [6.07, 6.45) is 0. The van der Waals surface area contributed by atoms with Crippen molar-refractivity contribution in [1.82, 2.24) is 0 Å². The monoisotopic (exact) mass is 644 g/mol. The summed E-state index contributed by atoms with van der Waals surface area (Å²) in [6.45, 7) is 0. The van der Waals surface area contributed by atoms with Gasteiger partial charge in [-0.3, -0.25) is 0 Å². The summed E-state index contributed by atoms with van der Waals surface area (Å²) in [5.74, 6) is 0. The molecule has 0 aliphatic rings. The third-order valence-corrected chi connectivity index (χ3v) is 0. The van der Waals surface area contributed by atoms with Crippen molar-refractivity contribution in [3.8, 4) is 0 Å². The first kappa shape index (κ1) is 12.4. The first-order valence-corrected chi connectivity index (χ1v) is 34.0. The fourth-order valence-electron chi connectivity index (χ4n) is 0. The molecule has 0 bridgehead atoms. The molecule has 0 unspecified atom stereocenters. The predicted molar refractivity (Wildman–Crippen MR) is 68.6 cm³/mol. The third kappa shape index (κ3) is 25.2. The Bertz CT molecular complexity index is 23.0. The van der Waals surface area contributed by atoms with E-state index in [9.17, 15) is 0 Å². The first-order chi connectivity index (χ1) is 2.00. The Labute approximate surface area is 81.6 Å². The van der Waals surface area contributed by atoms with Gasteiger partial charge in [0.1, 0.15) is 0 Å². The average Bonchev–Trinajstić information content (AvgIpc) is 0.722.